The second kappa shape index (κ2) is 7.50. The molecule has 1 atom stereocenters. The normalized spacial score (nSPS) is 18.0. The Bertz CT molecular complexity index is 518. The van der Waals surface area contributed by atoms with E-state index < -0.39 is 5.97 Å². The fourth-order valence-corrected chi connectivity index (χ4v) is 3.24. The zero-order valence-corrected chi connectivity index (χ0v) is 13.1. The molecule has 1 unspecified atom stereocenters. The van der Waals surface area contributed by atoms with E-state index in [4.69, 9.17) is 5.11 Å². The Morgan fingerprint density at radius 2 is 2.24 bits per heavy atom. The van der Waals surface area contributed by atoms with Crippen LogP contribution >= 0.6 is 11.8 Å². The molecule has 2 rings (SSSR count). The maximum Gasteiger partial charge on any atom is 0.303 e. The predicted molar refractivity (Wildman–Crippen MR) is 84.5 cm³/mol. The number of amides is 1. The lowest BCUT2D eigenvalue weighted by Gasteiger charge is -2.17. The molecule has 0 spiro atoms. The summed E-state index contributed by atoms with van der Waals surface area (Å²) in [6.07, 6.45) is 3.80. The summed E-state index contributed by atoms with van der Waals surface area (Å²) in [6, 6.07) is 7.78. The Morgan fingerprint density at radius 3 is 2.95 bits per heavy atom. The van der Waals surface area contributed by atoms with Crippen LogP contribution in [-0.2, 0) is 10.5 Å². The van der Waals surface area contributed by atoms with Crippen LogP contribution in [0.4, 0.5) is 0 Å². The highest BCUT2D eigenvalue weighted by molar-refractivity contribution is 7.97. The lowest BCUT2D eigenvalue weighted by atomic mass is 10.0. The monoisotopic (exact) mass is 307 g/mol. The Hall–Kier alpha value is -1.49. The molecule has 114 valence electrons. The Balaban J connectivity index is 1.94. The maximum atomic E-state index is 12.5. The number of rotatable bonds is 6. The van der Waals surface area contributed by atoms with E-state index >= 15 is 0 Å². The quantitative estimate of drug-likeness (QED) is 0.878. The molecule has 1 aliphatic heterocycles. The van der Waals surface area contributed by atoms with Crippen molar-refractivity contribution < 1.29 is 14.7 Å². The molecular formula is C16H21NO3S. The average molecular weight is 307 g/mol. The van der Waals surface area contributed by atoms with Crippen LogP contribution < -0.4 is 0 Å². The Labute approximate surface area is 129 Å². The molecule has 1 amide bonds. The van der Waals surface area contributed by atoms with Gasteiger partial charge >= 0.3 is 5.97 Å². The number of carboxylic acids is 1. The van der Waals surface area contributed by atoms with Crippen molar-refractivity contribution in [2.45, 2.75) is 25.0 Å². The summed E-state index contributed by atoms with van der Waals surface area (Å²) < 4.78 is 0. The summed E-state index contributed by atoms with van der Waals surface area (Å²) in [5.74, 6) is 0.530. The summed E-state index contributed by atoms with van der Waals surface area (Å²) >= 11 is 1.74. The van der Waals surface area contributed by atoms with E-state index in [1.807, 2.05) is 35.4 Å². The number of aliphatic carboxylic acids is 1. The minimum atomic E-state index is -0.760. The van der Waals surface area contributed by atoms with Gasteiger partial charge in [-0.25, -0.2) is 0 Å². The highest BCUT2D eigenvalue weighted by atomic mass is 32.2. The van der Waals surface area contributed by atoms with E-state index in [-0.39, 0.29) is 12.3 Å². The van der Waals surface area contributed by atoms with E-state index in [1.54, 1.807) is 11.8 Å². The third-order valence-corrected chi connectivity index (χ3v) is 4.45. The highest BCUT2D eigenvalue weighted by Gasteiger charge is 2.27. The van der Waals surface area contributed by atoms with Crippen molar-refractivity contribution in [2.75, 3.05) is 19.3 Å². The molecule has 0 bridgehead atoms. The molecule has 1 heterocycles. The third-order valence-electron chi connectivity index (χ3n) is 3.82. The molecule has 1 N–H and O–H groups in total. The van der Waals surface area contributed by atoms with Crippen LogP contribution in [0.25, 0.3) is 0 Å². The summed E-state index contributed by atoms with van der Waals surface area (Å²) in [4.78, 5) is 25.0. The molecule has 0 aliphatic carbocycles. The van der Waals surface area contributed by atoms with E-state index in [0.717, 1.165) is 29.8 Å². The van der Waals surface area contributed by atoms with Crippen LogP contribution in [0, 0.1) is 5.92 Å². The molecule has 1 aliphatic rings. The first-order valence-electron chi connectivity index (χ1n) is 7.19. The van der Waals surface area contributed by atoms with Gasteiger partial charge in [-0.15, -0.1) is 0 Å². The molecule has 1 fully saturated rings. The van der Waals surface area contributed by atoms with E-state index in [0.29, 0.717) is 18.9 Å². The van der Waals surface area contributed by atoms with Crippen LogP contribution in [0.2, 0.25) is 0 Å². The van der Waals surface area contributed by atoms with Gasteiger partial charge < -0.3 is 10.0 Å². The van der Waals surface area contributed by atoms with Gasteiger partial charge in [0.25, 0.3) is 5.91 Å². The Morgan fingerprint density at radius 1 is 1.43 bits per heavy atom. The van der Waals surface area contributed by atoms with Crippen molar-refractivity contribution in [2.24, 2.45) is 5.92 Å². The first-order chi connectivity index (χ1) is 10.1. The molecule has 1 aromatic rings. The second-order valence-corrected chi connectivity index (χ2v) is 6.34. The van der Waals surface area contributed by atoms with Gasteiger partial charge in [0.1, 0.15) is 0 Å². The topological polar surface area (TPSA) is 57.6 Å². The fourth-order valence-electron chi connectivity index (χ4n) is 2.72. The van der Waals surface area contributed by atoms with Crippen molar-refractivity contribution in [3.8, 4) is 0 Å². The maximum absolute atomic E-state index is 12.5. The largest absolute Gasteiger partial charge is 0.481 e. The lowest BCUT2D eigenvalue weighted by molar-refractivity contribution is -0.137. The number of carbonyl (C=O) groups excluding carboxylic acids is 1. The molecule has 4 nitrogen and oxygen atoms in total. The molecule has 5 heteroatoms. The summed E-state index contributed by atoms with van der Waals surface area (Å²) in [5.41, 5.74) is 1.90. The molecule has 1 aromatic carbocycles. The minimum absolute atomic E-state index is 0.0655. The fraction of sp³-hybridized carbons (Fsp3) is 0.500. The average Bonchev–Trinajstić information content (AvgIpc) is 2.94. The Kier molecular flexibility index (Phi) is 5.67. The van der Waals surface area contributed by atoms with Crippen molar-refractivity contribution in [1.82, 2.24) is 4.90 Å². The molecule has 0 aromatic heterocycles. The van der Waals surface area contributed by atoms with E-state index in [2.05, 4.69) is 0 Å². The van der Waals surface area contributed by atoms with Gasteiger partial charge in [-0.1, -0.05) is 12.1 Å². The molecular weight excluding hydrogens is 286 g/mol. The van der Waals surface area contributed by atoms with Crippen LogP contribution in [0.3, 0.4) is 0 Å². The number of benzene rings is 1. The molecule has 0 saturated carbocycles. The SMILES string of the molecule is CSCc1cccc(C(=O)N2CCC(CCC(=O)O)C2)c1. The zero-order valence-electron chi connectivity index (χ0n) is 12.2. The number of likely N-dealkylation sites (tertiary alicyclic amines) is 1. The summed E-state index contributed by atoms with van der Waals surface area (Å²) in [7, 11) is 0. The summed E-state index contributed by atoms with van der Waals surface area (Å²) in [6.45, 7) is 1.41. The minimum Gasteiger partial charge on any atom is -0.481 e. The first-order valence-corrected chi connectivity index (χ1v) is 8.58. The molecule has 21 heavy (non-hydrogen) atoms. The number of carboxylic acid groups (broad SMARTS) is 1. The number of carbonyl (C=O) groups is 2. The summed E-state index contributed by atoms with van der Waals surface area (Å²) in [5, 5.41) is 8.73. The van der Waals surface area contributed by atoms with Crippen LogP contribution in [0.1, 0.15) is 35.2 Å². The highest BCUT2D eigenvalue weighted by Crippen LogP contribution is 2.23. The van der Waals surface area contributed by atoms with Crippen molar-refractivity contribution in [3.05, 3.63) is 35.4 Å². The third kappa shape index (κ3) is 4.49. The van der Waals surface area contributed by atoms with Gasteiger partial charge in [0.2, 0.25) is 0 Å². The lowest BCUT2D eigenvalue weighted by Crippen LogP contribution is -2.28. The molecule has 1 saturated heterocycles. The number of nitrogens with zero attached hydrogens (tertiary/aromatic N) is 1. The van der Waals surface area contributed by atoms with Crippen LogP contribution in [0.5, 0.6) is 0 Å². The smallest absolute Gasteiger partial charge is 0.303 e. The molecule has 0 radical (unpaired) electrons. The van der Waals surface area contributed by atoms with Crippen LogP contribution in [-0.4, -0.2) is 41.2 Å². The number of hydrogen-bond acceptors (Lipinski definition) is 3. The standard InChI is InChI=1S/C16H21NO3S/c1-21-11-13-3-2-4-14(9-13)16(20)17-8-7-12(10-17)5-6-15(18)19/h2-4,9,12H,5-8,10-11H2,1H3,(H,18,19). The number of thioether (sulfide) groups is 1. The van der Waals surface area contributed by atoms with E-state index in [9.17, 15) is 9.59 Å². The second-order valence-electron chi connectivity index (χ2n) is 5.47. The van der Waals surface area contributed by atoms with Crippen molar-refractivity contribution in [1.29, 1.82) is 0 Å². The van der Waals surface area contributed by atoms with E-state index in [1.165, 1.54) is 0 Å². The van der Waals surface area contributed by atoms with Gasteiger partial charge in [0.15, 0.2) is 0 Å². The van der Waals surface area contributed by atoms with Gasteiger partial charge in [-0.3, -0.25) is 9.59 Å². The van der Waals surface area contributed by atoms with Crippen LogP contribution in [0.15, 0.2) is 24.3 Å². The van der Waals surface area contributed by atoms with Gasteiger partial charge in [0, 0.05) is 30.8 Å². The van der Waals surface area contributed by atoms with Crippen molar-refractivity contribution in [3.63, 3.8) is 0 Å². The first kappa shape index (κ1) is 15.9. The predicted octanol–water partition coefficient (Wildman–Crippen LogP) is 2.88. The number of hydrogen-bond donors (Lipinski definition) is 1. The van der Waals surface area contributed by atoms with Gasteiger partial charge in [0.05, 0.1) is 0 Å². The van der Waals surface area contributed by atoms with Crippen molar-refractivity contribution >= 4 is 23.6 Å². The van der Waals surface area contributed by atoms with Gasteiger partial charge in [-0.05, 0) is 42.7 Å². The van der Waals surface area contributed by atoms with Gasteiger partial charge in [-0.2, -0.15) is 11.8 Å². The zero-order chi connectivity index (χ0) is 15.2.